The van der Waals surface area contributed by atoms with Gasteiger partial charge in [-0.2, -0.15) is 0 Å². The third-order valence-electron chi connectivity index (χ3n) is 3.11. The first-order chi connectivity index (χ1) is 6.79. The van der Waals surface area contributed by atoms with Crippen LogP contribution in [0.3, 0.4) is 0 Å². The van der Waals surface area contributed by atoms with E-state index in [-0.39, 0.29) is 0 Å². The van der Waals surface area contributed by atoms with Crippen molar-refractivity contribution in [3.05, 3.63) is 0 Å². The Bertz CT molecular complexity index is 99.8. The Morgan fingerprint density at radius 1 is 0.786 bits per heavy atom. The fourth-order valence-corrected chi connectivity index (χ4v) is 2.13. The van der Waals surface area contributed by atoms with Crippen LogP contribution in [0.2, 0.25) is 0 Å². The Balaban J connectivity index is 3.92. The highest BCUT2D eigenvalue weighted by Gasteiger charge is 2.13. The molecule has 0 spiro atoms. The van der Waals surface area contributed by atoms with Crippen LogP contribution in [0.15, 0.2) is 0 Å². The molecule has 1 heteroatoms. The van der Waals surface area contributed by atoms with E-state index in [0.717, 1.165) is 6.04 Å². The lowest BCUT2D eigenvalue weighted by Crippen LogP contribution is -2.35. The number of hydrogen-bond acceptors (Lipinski definition) is 1. The van der Waals surface area contributed by atoms with Gasteiger partial charge in [0.1, 0.15) is 0 Å². The average Bonchev–Trinajstić information content (AvgIpc) is 2.22. The molecule has 1 nitrogen and oxygen atoms in total. The minimum Gasteiger partial charge on any atom is -0.301 e. The van der Waals surface area contributed by atoms with E-state index in [1.165, 1.54) is 51.6 Å². The second-order valence-corrected chi connectivity index (χ2v) is 4.16. The van der Waals surface area contributed by atoms with E-state index in [2.05, 4.69) is 32.6 Å². The fraction of sp³-hybridized carbons (Fsp3) is 1.00. The largest absolute Gasteiger partial charge is 0.301 e. The monoisotopic (exact) mass is 199 g/mol. The minimum atomic E-state index is 0.852. The van der Waals surface area contributed by atoms with Gasteiger partial charge in [-0.05, 0) is 25.9 Å². The second kappa shape index (κ2) is 9.51. The summed E-state index contributed by atoms with van der Waals surface area (Å²) in [5.74, 6) is 0. The Morgan fingerprint density at radius 3 is 1.50 bits per heavy atom. The van der Waals surface area contributed by atoms with Crippen LogP contribution in [0.1, 0.15) is 66.2 Å². The van der Waals surface area contributed by atoms with Crippen molar-refractivity contribution in [2.24, 2.45) is 0 Å². The molecule has 0 aromatic heterocycles. The second-order valence-electron chi connectivity index (χ2n) is 4.16. The molecule has 0 saturated heterocycles. The van der Waals surface area contributed by atoms with Gasteiger partial charge in [-0.3, -0.25) is 0 Å². The van der Waals surface area contributed by atoms with Gasteiger partial charge < -0.3 is 4.90 Å². The van der Waals surface area contributed by atoms with Crippen LogP contribution >= 0.6 is 0 Å². The number of rotatable bonds is 9. The van der Waals surface area contributed by atoms with Gasteiger partial charge in [0, 0.05) is 6.04 Å². The number of hydrogen-bond donors (Lipinski definition) is 0. The van der Waals surface area contributed by atoms with Gasteiger partial charge >= 0.3 is 0 Å². The Morgan fingerprint density at radius 2 is 1.21 bits per heavy atom. The van der Waals surface area contributed by atoms with Crippen molar-refractivity contribution in [1.29, 1.82) is 0 Å². The molecule has 0 aliphatic heterocycles. The zero-order valence-corrected chi connectivity index (χ0v) is 10.7. The molecule has 0 aliphatic rings. The first-order valence-electron chi connectivity index (χ1n) is 6.54. The zero-order valence-electron chi connectivity index (χ0n) is 10.7. The lowest BCUT2D eigenvalue weighted by Gasteiger charge is -2.29. The molecule has 14 heavy (non-hydrogen) atoms. The molecule has 0 amide bonds. The van der Waals surface area contributed by atoms with Crippen molar-refractivity contribution in [3.63, 3.8) is 0 Å². The first-order valence-corrected chi connectivity index (χ1v) is 6.54. The lowest BCUT2D eigenvalue weighted by atomic mass is 10.0. The summed E-state index contributed by atoms with van der Waals surface area (Å²) in [6.45, 7) is 11.6. The normalized spacial score (nSPS) is 11.6. The van der Waals surface area contributed by atoms with Gasteiger partial charge in [0.05, 0.1) is 0 Å². The average molecular weight is 199 g/mol. The van der Waals surface area contributed by atoms with Crippen LogP contribution in [0.25, 0.3) is 0 Å². The quantitative estimate of drug-likeness (QED) is 0.541. The topological polar surface area (TPSA) is 3.24 Å². The molecule has 0 aromatic rings. The van der Waals surface area contributed by atoms with Gasteiger partial charge in [-0.1, -0.05) is 53.4 Å². The summed E-state index contributed by atoms with van der Waals surface area (Å²) in [6.07, 6.45) is 8.26. The zero-order chi connectivity index (χ0) is 10.8. The maximum absolute atomic E-state index is 2.63. The summed E-state index contributed by atoms with van der Waals surface area (Å²) in [5, 5.41) is 0. The van der Waals surface area contributed by atoms with Gasteiger partial charge in [0.25, 0.3) is 0 Å². The van der Waals surface area contributed by atoms with Crippen LogP contribution in [0.4, 0.5) is 0 Å². The predicted molar refractivity (Wildman–Crippen MR) is 65.8 cm³/mol. The molecule has 0 atom stereocenters. The summed E-state index contributed by atoms with van der Waals surface area (Å²) < 4.78 is 0. The van der Waals surface area contributed by atoms with Crippen molar-refractivity contribution < 1.29 is 0 Å². The van der Waals surface area contributed by atoms with Gasteiger partial charge in [0.2, 0.25) is 0 Å². The highest BCUT2D eigenvalue weighted by atomic mass is 15.1. The van der Waals surface area contributed by atoms with Gasteiger partial charge in [-0.25, -0.2) is 0 Å². The van der Waals surface area contributed by atoms with Crippen molar-refractivity contribution in [1.82, 2.24) is 4.90 Å². The third kappa shape index (κ3) is 5.64. The molecular formula is C13H29N. The Kier molecular flexibility index (Phi) is 9.49. The number of unbranched alkanes of at least 4 members (excludes halogenated alkanes) is 2. The summed E-state index contributed by atoms with van der Waals surface area (Å²) in [5.41, 5.74) is 0. The molecule has 0 saturated carbocycles. The summed E-state index contributed by atoms with van der Waals surface area (Å²) in [7, 11) is 0. The van der Waals surface area contributed by atoms with Crippen LogP contribution in [0, 0.1) is 0 Å². The SMILES string of the molecule is CCCCC(CCCC)N(CC)CC. The van der Waals surface area contributed by atoms with E-state index >= 15 is 0 Å². The fourth-order valence-electron chi connectivity index (χ4n) is 2.13. The van der Waals surface area contributed by atoms with E-state index in [0.29, 0.717) is 0 Å². The highest BCUT2D eigenvalue weighted by Crippen LogP contribution is 2.15. The van der Waals surface area contributed by atoms with Crippen molar-refractivity contribution in [2.75, 3.05) is 13.1 Å². The van der Waals surface area contributed by atoms with Crippen molar-refractivity contribution in [3.8, 4) is 0 Å². The van der Waals surface area contributed by atoms with Crippen LogP contribution in [-0.4, -0.2) is 24.0 Å². The smallest absolute Gasteiger partial charge is 0.00950 e. The molecule has 0 aromatic carbocycles. The lowest BCUT2D eigenvalue weighted by molar-refractivity contribution is 0.189. The molecule has 0 fully saturated rings. The Hall–Kier alpha value is -0.0400. The third-order valence-corrected chi connectivity index (χ3v) is 3.11. The van der Waals surface area contributed by atoms with Crippen molar-refractivity contribution in [2.45, 2.75) is 72.3 Å². The molecule has 0 unspecified atom stereocenters. The predicted octanol–water partition coefficient (Wildman–Crippen LogP) is 4.08. The van der Waals surface area contributed by atoms with Gasteiger partial charge in [-0.15, -0.1) is 0 Å². The maximum atomic E-state index is 2.63. The van der Waals surface area contributed by atoms with Crippen LogP contribution in [-0.2, 0) is 0 Å². The van der Waals surface area contributed by atoms with Crippen molar-refractivity contribution >= 4 is 0 Å². The van der Waals surface area contributed by atoms with E-state index in [4.69, 9.17) is 0 Å². The summed E-state index contributed by atoms with van der Waals surface area (Å²) >= 11 is 0. The first kappa shape index (κ1) is 14.0. The molecule has 0 heterocycles. The highest BCUT2D eigenvalue weighted by molar-refractivity contribution is 4.69. The Labute approximate surface area is 90.9 Å². The van der Waals surface area contributed by atoms with Crippen LogP contribution < -0.4 is 0 Å². The maximum Gasteiger partial charge on any atom is 0.00950 e. The molecule has 0 radical (unpaired) electrons. The number of nitrogens with zero attached hydrogens (tertiary/aromatic N) is 1. The van der Waals surface area contributed by atoms with E-state index in [9.17, 15) is 0 Å². The van der Waals surface area contributed by atoms with E-state index in [1.807, 2.05) is 0 Å². The van der Waals surface area contributed by atoms with Crippen LogP contribution in [0.5, 0.6) is 0 Å². The van der Waals surface area contributed by atoms with E-state index in [1.54, 1.807) is 0 Å². The molecule has 86 valence electrons. The summed E-state index contributed by atoms with van der Waals surface area (Å²) in [6, 6.07) is 0.852. The summed E-state index contributed by atoms with van der Waals surface area (Å²) in [4.78, 5) is 2.63. The van der Waals surface area contributed by atoms with Gasteiger partial charge in [0.15, 0.2) is 0 Å². The standard InChI is InChI=1S/C13H29N/c1-5-9-11-13(12-10-6-2)14(7-3)8-4/h13H,5-12H2,1-4H3. The molecule has 0 rings (SSSR count). The molecule has 0 aliphatic carbocycles. The molecule has 0 N–H and O–H groups in total. The minimum absolute atomic E-state index is 0.852. The molecular weight excluding hydrogens is 170 g/mol. The molecule has 0 bridgehead atoms. The van der Waals surface area contributed by atoms with E-state index < -0.39 is 0 Å².